The highest BCUT2D eigenvalue weighted by molar-refractivity contribution is 6.37. The first-order chi connectivity index (χ1) is 9.61. The van der Waals surface area contributed by atoms with Gasteiger partial charge in [-0.05, 0) is 12.1 Å². The topological polar surface area (TPSA) is 67.0 Å². The van der Waals surface area contributed by atoms with Crippen molar-refractivity contribution in [2.24, 2.45) is 0 Å². The molecule has 0 saturated heterocycles. The van der Waals surface area contributed by atoms with Gasteiger partial charge in [-0.2, -0.15) is 0 Å². The highest BCUT2D eigenvalue weighted by Crippen LogP contribution is 2.33. The Bertz CT molecular complexity index is 577. The van der Waals surface area contributed by atoms with Gasteiger partial charge in [-0.1, -0.05) is 23.2 Å². The molecular weight excluding hydrogens is 301 g/mol. The third-order valence-electron chi connectivity index (χ3n) is 2.70. The number of ether oxygens (including phenoxy) is 1. The van der Waals surface area contributed by atoms with Gasteiger partial charge in [0.2, 0.25) is 0 Å². The van der Waals surface area contributed by atoms with E-state index in [2.05, 4.69) is 15.3 Å². The lowest BCUT2D eigenvalue weighted by Gasteiger charge is -2.09. The van der Waals surface area contributed by atoms with E-state index in [-0.39, 0.29) is 5.91 Å². The lowest BCUT2D eigenvalue weighted by atomic mass is 10.2. The van der Waals surface area contributed by atoms with Crippen molar-refractivity contribution in [1.29, 1.82) is 0 Å². The van der Waals surface area contributed by atoms with Crippen LogP contribution in [-0.2, 0) is 6.42 Å². The summed E-state index contributed by atoms with van der Waals surface area (Å²) in [5, 5.41) is 3.39. The molecule has 1 amide bonds. The molecule has 1 aromatic heterocycles. The van der Waals surface area contributed by atoms with Crippen LogP contribution < -0.4 is 10.1 Å². The number of H-pyrrole nitrogens is 1. The number of aromatic nitrogens is 2. The molecule has 0 atom stereocenters. The smallest absolute Gasteiger partial charge is 0.251 e. The predicted molar refractivity (Wildman–Crippen MR) is 77.6 cm³/mol. The zero-order valence-electron chi connectivity index (χ0n) is 10.7. The van der Waals surface area contributed by atoms with Gasteiger partial charge in [0, 0.05) is 30.4 Å². The van der Waals surface area contributed by atoms with Crippen LogP contribution in [0.2, 0.25) is 10.0 Å². The molecule has 7 heteroatoms. The van der Waals surface area contributed by atoms with Gasteiger partial charge < -0.3 is 15.0 Å². The molecule has 0 saturated carbocycles. The van der Waals surface area contributed by atoms with E-state index in [0.29, 0.717) is 34.3 Å². The number of benzene rings is 1. The molecule has 5 nitrogen and oxygen atoms in total. The normalized spacial score (nSPS) is 10.3. The molecule has 0 bridgehead atoms. The molecule has 0 aliphatic heterocycles. The van der Waals surface area contributed by atoms with E-state index < -0.39 is 0 Å². The fourth-order valence-electron chi connectivity index (χ4n) is 1.72. The summed E-state index contributed by atoms with van der Waals surface area (Å²) in [6.45, 7) is 0.488. The van der Waals surface area contributed by atoms with Crippen LogP contribution in [0.3, 0.4) is 0 Å². The molecule has 0 aliphatic carbocycles. The molecule has 2 aromatic rings. The molecule has 0 fully saturated rings. The minimum absolute atomic E-state index is 0.240. The predicted octanol–water partition coefficient (Wildman–Crippen LogP) is 2.70. The van der Waals surface area contributed by atoms with Crippen molar-refractivity contribution >= 4 is 29.1 Å². The number of halogens is 2. The van der Waals surface area contributed by atoms with Gasteiger partial charge in [-0.25, -0.2) is 4.98 Å². The molecule has 0 aliphatic rings. The van der Waals surface area contributed by atoms with E-state index in [9.17, 15) is 4.79 Å². The number of imidazole rings is 1. The Labute approximate surface area is 126 Å². The summed E-state index contributed by atoms with van der Waals surface area (Å²) in [7, 11) is 1.47. The Kier molecular flexibility index (Phi) is 4.87. The fourth-order valence-corrected chi connectivity index (χ4v) is 2.36. The first kappa shape index (κ1) is 14.7. The summed E-state index contributed by atoms with van der Waals surface area (Å²) in [6.07, 6.45) is 3.98. The highest BCUT2D eigenvalue weighted by Gasteiger charge is 2.13. The molecule has 1 heterocycles. The van der Waals surface area contributed by atoms with Crippen LogP contribution in [0.15, 0.2) is 24.7 Å². The molecule has 2 N–H and O–H groups in total. The van der Waals surface area contributed by atoms with Crippen molar-refractivity contribution in [3.8, 4) is 5.75 Å². The number of carbonyl (C=O) groups is 1. The molecule has 0 spiro atoms. The minimum atomic E-state index is -0.240. The van der Waals surface area contributed by atoms with E-state index in [1.165, 1.54) is 19.2 Å². The molecule has 1 aromatic carbocycles. The van der Waals surface area contributed by atoms with Crippen LogP contribution in [-0.4, -0.2) is 29.5 Å². The summed E-state index contributed by atoms with van der Waals surface area (Å²) in [6, 6.07) is 3.05. The van der Waals surface area contributed by atoms with Crippen molar-refractivity contribution in [3.63, 3.8) is 0 Å². The summed E-state index contributed by atoms with van der Waals surface area (Å²) in [5.74, 6) is 0.123. The lowest BCUT2D eigenvalue weighted by Crippen LogP contribution is -2.25. The van der Waals surface area contributed by atoms with Gasteiger partial charge in [-0.15, -0.1) is 0 Å². The number of nitrogens with one attached hydrogen (secondary N) is 2. The molecule has 0 unspecified atom stereocenters. The summed E-state index contributed by atoms with van der Waals surface area (Å²) in [5.41, 5.74) is 1.35. The SMILES string of the molecule is COc1c(Cl)cc(C(=O)NCCc2cnc[nH]2)cc1Cl. The van der Waals surface area contributed by atoms with Crippen molar-refractivity contribution in [1.82, 2.24) is 15.3 Å². The van der Waals surface area contributed by atoms with Crippen molar-refractivity contribution in [3.05, 3.63) is 46.0 Å². The van der Waals surface area contributed by atoms with E-state index in [0.717, 1.165) is 5.69 Å². The summed E-state index contributed by atoms with van der Waals surface area (Å²) >= 11 is 12.0. The molecule has 2 rings (SSSR count). The van der Waals surface area contributed by atoms with Crippen LogP contribution in [0.1, 0.15) is 16.1 Å². The zero-order chi connectivity index (χ0) is 14.5. The average molecular weight is 314 g/mol. The Hall–Kier alpha value is -1.72. The Morgan fingerprint density at radius 1 is 1.40 bits per heavy atom. The van der Waals surface area contributed by atoms with Gasteiger partial charge in [0.25, 0.3) is 5.91 Å². The first-order valence-corrected chi connectivity index (χ1v) is 6.66. The van der Waals surface area contributed by atoms with Crippen LogP contribution in [0.4, 0.5) is 0 Å². The minimum Gasteiger partial charge on any atom is -0.494 e. The number of hydrogen-bond acceptors (Lipinski definition) is 3. The second-order valence-electron chi connectivity index (χ2n) is 4.06. The Balaban J connectivity index is 1.99. The Morgan fingerprint density at radius 3 is 2.65 bits per heavy atom. The zero-order valence-corrected chi connectivity index (χ0v) is 12.3. The summed E-state index contributed by atoms with van der Waals surface area (Å²) < 4.78 is 5.03. The van der Waals surface area contributed by atoms with Gasteiger partial charge in [-0.3, -0.25) is 4.79 Å². The number of amides is 1. The van der Waals surface area contributed by atoms with Crippen molar-refractivity contribution in [2.45, 2.75) is 6.42 Å². The van der Waals surface area contributed by atoms with Crippen LogP contribution in [0.5, 0.6) is 5.75 Å². The van der Waals surface area contributed by atoms with Gasteiger partial charge in [0.05, 0.1) is 23.5 Å². The number of hydrogen-bond donors (Lipinski definition) is 2. The van der Waals surface area contributed by atoms with Gasteiger partial charge >= 0.3 is 0 Å². The monoisotopic (exact) mass is 313 g/mol. The lowest BCUT2D eigenvalue weighted by molar-refractivity contribution is 0.0954. The second kappa shape index (κ2) is 6.63. The van der Waals surface area contributed by atoms with Gasteiger partial charge in [0.1, 0.15) is 0 Å². The van der Waals surface area contributed by atoms with E-state index in [1.807, 2.05) is 0 Å². The average Bonchev–Trinajstić information content (AvgIpc) is 2.91. The maximum Gasteiger partial charge on any atom is 0.251 e. The third-order valence-corrected chi connectivity index (χ3v) is 3.26. The maximum absolute atomic E-state index is 12.0. The number of methoxy groups -OCH3 is 1. The molecule has 20 heavy (non-hydrogen) atoms. The van der Waals surface area contributed by atoms with Crippen molar-refractivity contribution in [2.75, 3.05) is 13.7 Å². The molecular formula is C13H13Cl2N3O2. The number of aromatic amines is 1. The van der Waals surface area contributed by atoms with Crippen LogP contribution in [0.25, 0.3) is 0 Å². The van der Waals surface area contributed by atoms with E-state index in [4.69, 9.17) is 27.9 Å². The van der Waals surface area contributed by atoms with Crippen molar-refractivity contribution < 1.29 is 9.53 Å². The number of rotatable bonds is 5. The quantitative estimate of drug-likeness (QED) is 0.891. The fraction of sp³-hybridized carbons (Fsp3) is 0.231. The summed E-state index contributed by atoms with van der Waals surface area (Å²) in [4.78, 5) is 18.8. The van der Waals surface area contributed by atoms with Gasteiger partial charge in [0.15, 0.2) is 5.75 Å². The maximum atomic E-state index is 12.0. The highest BCUT2D eigenvalue weighted by atomic mass is 35.5. The first-order valence-electron chi connectivity index (χ1n) is 5.90. The largest absolute Gasteiger partial charge is 0.494 e. The van der Waals surface area contributed by atoms with E-state index >= 15 is 0 Å². The standard InChI is InChI=1S/C13H13Cl2N3O2/c1-20-12-10(14)4-8(5-11(12)15)13(19)17-3-2-9-6-16-7-18-9/h4-7H,2-3H2,1H3,(H,16,18)(H,17,19). The number of carbonyl (C=O) groups excluding carboxylic acids is 1. The van der Waals surface area contributed by atoms with Crippen LogP contribution in [0, 0.1) is 0 Å². The second-order valence-corrected chi connectivity index (χ2v) is 4.87. The van der Waals surface area contributed by atoms with E-state index in [1.54, 1.807) is 12.5 Å². The molecule has 0 radical (unpaired) electrons. The number of nitrogens with zero attached hydrogens (tertiary/aromatic N) is 1. The Morgan fingerprint density at radius 2 is 2.10 bits per heavy atom. The van der Waals surface area contributed by atoms with Crippen LogP contribution >= 0.6 is 23.2 Å². The molecule has 106 valence electrons. The third kappa shape index (κ3) is 3.43.